The lowest BCUT2D eigenvalue weighted by molar-refractivity contribution is -0.144. The zero-order chi connectivity index (χ0) is 27.7. The van der Waals surface area contributed by atoms with Crippen molar-refractivity contribution in [2.75, 3.05) is 13.1 Å². The number of fused-ring (bicyclic) bond motifs is 1. The minimum absolute atomic E-state index is 0.0267. The van der Waals surface area contributed by atoms with Crippen molar-refractivity contribution in [2.45, 2.75) is 56.2 Å². The standard InChI is InChI=1S/C30H33N3O5S/c1-20-8-11-25(12-9-20)39(37,38)33-15-14-32(30(36)28(33)18-29(31)35)27-7-3-6-24-17-23(10-13-26(24)27)22-5-2-4-21(16-22)19-34/h2,4-5,8-13,16-17,27-28,34H,3,6-7,14-15,18-19H2,1H3,(H2,31,35)/t27-,28?/m1/s1. The number of piperazine rings is 1. The van der Waals surface area contributed by atoms with E-state index in [0.29, 0.717) is 0 Å². The van der Waals surface area contributed by atoms with E-state index < -0.39 is 27.9 Å². The molecule has 1 aliphatic heterocycles. The molecule has 1 saturated heterocycles. The monoisotopic (exact) mass is 547 g/mol. The highest BCUT2D eigenvalue weighted by Crippen LogP contribution is 2.39. The van der Waals surface area contributed by atoms with Crippen LogP contribution in [0.2, 0.25) is 0 Å². The van der Waals surface area contributed by atoms with Crippen LogP contribution in [0.5, 0.6) is 0 Å². The predicted octanol–water partition coefficient (Wildman–Crippen LogP) is 3.31. The van der Waals surface area contributed by atoms with E-state index in [2.05, 4.69) is 6.07 Å². The summed E-state index contributed by atoms with van der Waals surface area (Å²) in [6.07, 6.45) is 2.14. The largest absolute Gasteiger partial charge is 0.392 e. The summed E-state index contributed by atoms with van der Waals surface area (Å²) in [5.41, 5.74) is 11.5. The van der Waals surface area contributed by atoms with Crippen molar-refractivity contribution in [2.24, 2.45) is 5.73 Å². The van der Waals surface area contributed by atoms with Crippen LogP contribution in [-0.4, -0.2) is 53.7 Å². The van der Waals surface area contributed by atoms with Gasteiger partial charge in [-0.25, -0.2) is 8.42 Å². The molecule has 2 aliphatic rings. The fourth-order valence-corrected chi connectivity index (χ4v) is 7.32. The molecule has 0 spiro atoms. The second kappa shape index (κ2) is 10.9. The number of hydrogen-bond donors (Lipinski definition) is 2. The smallest absolute Gasteiger partial charge is 0.243 e. The van der Waals surface area contributed by atoms with Gasteiger partial charge in [-0.2, -0.15) is 4.31 Å². The first kappa shape index (κ1) is 27.1. The highest BCUT2D eigenvalue weighted by atomic mass is 32.2. The second-order valence-electron chi connectivity index (χ2n) is 10.3. The summed E-state index contributed by atoms with van der Waals surface area (Å²) in [6.45, 7) is 2.15. The first-order chi connectivity index (χ1) is 18.7. The van der Waals surface area contributed by atoms with E-state index in [0.717, 1.165) is 56.9 Å². The highest BCUT2D eigenvalue weighted by molar-refractivity contribution is 7.89. The molecule has 3 N–H and O–H groups in total. The number of nitrogens with zero attached hydrogens (tertiary/aromatic N) is 2. The van der Waals surface area contributed by atoms with Crippen LogP contribution in [0.15, 0.2) is 71.6 Å². The molecule has 3 aromatic rings. The first-order valence-electron chi connectivity index (χ1n) is 13.2. The van der Waals surface area contributed by atoms with Gasteiger partial charge in [0.2, 0.25) is 21.8 Å². The molecule has 9 heteroatoms. The lowest BCUT2D eigenvalue weighted by Crippen LogP contribution is -2.60. The van der Waals surface area contributed by atoms with Crippen LogP contribution in [0.1, 0.15) is 47.6 Å². The van der Waals surface area contributed by atoms with Crippen molar-refractivity contribution in [1.29, 1.82) is 0 Å². The molecule has 39 heavy (non-hydrogen) atoms. The number of carbonyl (C=O) groups is 2. The summed E-state index contributed by atoms with van der Waals surface area (Å²) in [5, 5.41) is 9.52. The zero-order valence-electron chi connectivity index (χ0n) is 21.9. The quantitative estimate of drug-likeness (QED) is 0.470. The van der Waals surface area contributed by atoms with Gasteiger partial charge in [-0.1, -0.05) is 54.1 Å². The molecule has 1 aliphatic carbocycles. The van der Waals surface area contributed by atoms with Gasteiger partial charge in [0.15, 0.2) is 0 Å². The molecule has 0 saturated carbocycles. The average Bonchev–Trinajstić information content (AvgIpc) is 2.93. The number of amides is 2. The summed E-state index contributed by atoms with van der Waals surface area (Å²) in [5.74, 6) is -1.12. The summed E-state index contributed by atoms with van der Waals surface area (Å²) >= 11 is 0. The number of nitrogens with two attached hydrogens (primary N) is 1. The minimum Gasteiger partial charge on any atom is -0.392 e. The number of aliphatic hydroxyl groups is 1. The van der Waals surface area contributed by atoms with Crippen LogP contribution in [0, 0.1) is 6.92 Å². The SMILES string of the molecule is Cc1ccc(S(=O)(=O)N2CCN([C@@H]3CCCc4cc(-c5cccc(CO)c5)ccc43)C(=O)C2CC(N)=O)cc1. The number of primary amides is 1. The molecule has 2 amide bonds. The van der Waals surface area contributed by atoms with Crippen LogP contribution in [-0.2, 0) is 32.6 Å². The third kappa shape index (κ3) is 5.34. The molecule has 0 aromatic heterocycles. The summed E-state index contributed by atoms with van der Waals surface area (Å²) in [6, 6.07) is 19.1. The van der Waals surface area contributed by atoms with Gasteiger partial charge in [-0.05, 0) is 72.2 Å². The molecular weight excluding hydrogens is 514 g/mol. The van der Waals surface area contributed by atoms with Crippen molar-refractivity contribution in [3.8, 4) is 11.1 Å². The fourth-order valence-electron chi connectivity index (χ4n) is 5.75. The van der Waals surface area contributed by atoms with Crippen LogP contribution >= 0.6 is 0 Å². The maximum Gasteiger partial charge on any atom is 0.243 e. The number of hydrogen-bond acceptors (Lipinski definition) is 5. The number of sulfonamides is 1. The van der Waals surface area contributed by atoms with E-state index in [4.69, 9.17) is 5.73 Å². The Morgan fingerprint density at radius 3 is 2.49 bits per heavy atom. The Morgan fingerprint density at radius 1 is 1.03 bits per heavy atom. The van der Waals surface area contributed by atoms with Crippen molar-refractivity contribution >= 4 is 21.8 Å². The lowest BCUT2D eigenvalue weighted by atomic mass is 9.84. The molecule has 8 nitrogen and oxygen atoms in total. The van der Waals surface area contributed by atoms with Crippen LogP contribution in [0.4, 0.5) is 0 Å². The van der Waals surface area contributed by atoms with E-state index in [-0.39, 0.29) is 37.1 Å². The molecule has 0 bridgehead atoms. The number of aryl methyl sites for hydroxylation is 2. The van der Waals surface area contributed by atoms with Gasteiger partial charge in [0, 0.05) is 13.1 Å². The highest BCUT2D eigenvalue weighted by Gasteiger charge is 2.45. The van der Waals surface area contributed by atoms with E-state index in [9.17, 15) is 23.1 Å². The van der Waals surface area contributed by atoms with E-state index in [1.165, 1.54) is 12.1 Å². The Bertz CT molecular complexity index is 1500. The Labute approximate surface area is 229 Å². The molecule has 1 heterocycles. The van der Waals surface area contributed by atoms with Gasteiger partial charge in [0.05, 0.1) is 24.0 Å². The van der Waals surface area contributed by atoms with E-state index in [1.54, 1.807) is 17.0 Å². The van der Waals surface area contributed by atoms with Crippen molar-refractivity contribution in [3.63, 3.8) is 0 Å². The van der Waals surface area contributed by atoms with Gasteiger partial charge >= 0.3 is 0 Å². The maximum atomic E-state index is 13.9. The van der Waals surface area contributed by atoms with Gasteiger partial charge < -0.3 is 15.7 Å². The lowest BCUT2D eigenvalue weighted by Gasteiger charge is -2.44. The summed E-state index contributed by atoms with van der Waals surface area (Å²) in [4.78, 5) is 27.7. The predicted molar refractivity (Wildman–Crippen MR) is 148 cm³/mol. The molecule has 1 unspecified atom stereocenters. The number of aliphatic hydroxyl groups excluding tert-OH is 1. The molecule has 1 fully saturated rings. The first-order valence-corrected chi connectivity index (χ1v) is 14.6. The molecule has 5 rings (SSSR count). The Morgan fingerprint density at radius 2 is 1.77 bits per heavy atom. The Balaban J connectivity index is 1.45. The van der Waals surface area contributed by atoms with E-state index >= 15 is 0 Å². The van der Waals surface area contributed by atoms with Crippen molar-refractivity contribution in [3.05, 3.63) is 89.0 Å². The molecule has 3 aromatic carbocycles. The summed E-state index contributed by atoms with van der Waals surface area (Å²) < 4.78 is 28.2. The normalized spacial score (nSPS) is 20.1. The average molecular weight is 548 g/mol. The van der Waals surface area contributed by atoms with Crippen LogP contribution in [0.3, 0.4) is 0 Å². The molecule has 204 valence electrons. The molecular formula is C30H33N3O5S. The fraction of sp³-hybridized carbons (Fsp3) is 0.333. The van der Waals surface area contributed by atoms with Crippen LogP contribution in [0.25, 0.3) is 11.1 Å². The third-order valence-electron chi connectivity index (χ3n) is 7.74. The number of carbonyl (C=O) groups excluding carboxylic acids is 2. The minimum atomic E-state index is -4.00. The Kier molecular flexibility index (Phi) is 7.57. The number of benzene rings is 3. The second-order valence-corrected chi connectivity index (χ2v) is 12.2. The van der Waals surface area contributed by atoms with E-state index in [1.807, 2.05) is 43.3 Å². The third-order valence-corrected chi connectivity index (χ3v) is 9.67. The van der Waals surface area contributed by atoms with Crippen molar-refractivity contribution in [1.82, 2.24) is 9.21 Å². The van der Waals surface area contributed by atoms with Crippen LogP contribution < -0.4 is 5.73 Å². The van der Waals surface area contributed by atoms with Gasteiger partial charge in [0.1, 0.15) is 6.04 Å². The topological polar surface area (TPSA) is 121 Å². The van der Waals surface area contributed by atoms with Gasteiger partial charge in [-0.3, -0.25) is 9.59 Å². The Hall–Kier alpha value is -3.53. The number of rotatable bonds is 7. The summed E-state index contributed by atoms with van der Waals surface area (Å²) in [7, 11) is -4.00. The zero-order valence-corrected chi connectivity index (χ0v) is 22.7. The van der Waals surface area contributed by atoms with Gasteiger partial charge in [-0.15, -0.1) is 0 Å². The molecule has 0 radical (unpaired) electrons. The van der Waals surface area contributed by atoms with Crippen molar-refractivity contribution < 1.29 is 23.1 Å². The molecule has 2 atom stereocenters. The maximum absolute atomic E-state index is 13.9. The van der Waals surface area contributed by atoms with Gasteiger partial charge in [0.25, 0.3) is 0 Å².